The average molecular weight is 369 g/mol. The molecule has 0 spiro atoms. The summed E-state index contributed by atoms with van der Waals surface area (Å²) in [6.45, 7) is 8.77. The first kappa shape index (κ1) is 21.3. The highest BCUT2D eigenvalue weighted by atomic mass is 16.3. The molecule has 2 aromatic carbocycles. The van der Waals surface area contributed by atoms with Crippen LogP contribution in [0.15, 0.2) is 42.5 Å². The fraction of sp³-hybridized carbons (Fsp3) is 0.500. The molecule has 0 bridgehead atoms. The van der Waals surface area contributed by atoms with Crippen molar-refractivity contribution >= 4 is 11.4 Å². The number of rotatable bonds is 9. The Balaban J connectivity index is 2.46. The van der Waals surface area contributed by atoms with Gasteiger partial charge in [0.25, 0.3) is 0 Å². The predicted molar refractivity (Wildman–Crippen MR) is 117 cm³/mol. The highest BCUT2D eigenvalue weighted by Crippen LogP contribution is 2.38. The van der Waals surface area contributed by atoms with E-state index < -0.39 is 6.10 Å². The summed E-state index contributed by atoms with van der Waals surface area (Å²) in [4.78, 5) is 0. The van der Waals surface area contributed by atoms with Gasteiger partial charge in [0.2, 0.25) is 0 Å². The Labute approximate surface area is 164 Å². The topological polar surface area (TPSA) is 72.3 Å². The Hall–Kier alpha value is -2.00. The molecule has 0 aliphatic heterocycles. The summed E-state index contributed by atoms with van der Waals surface area (Å²) in [6.07, 6.45) is 3.80. The first-order valence-electron chi connectivity index (χ1n) is 10.3. The minimum absolute atomic E-state index is 0.190. The van der Waals surface area contributed by atoms with Crippen LogP contribution in [0.25, 0.3) is 0 Å². The van der Waals surface area contributed by atoms with Crippen molar-refractivity contribution in [1.29, 1.82) is 0 Å². The molecule has 0 saturated carbocycles. The van der Waals surface area contributed by atoms with Crippen LogP contribution in [0.2, 0.25) is 0 Å². The fourth-order valence-electron chi connectivity index (χ4n) is 4.14. The second-order valence-electron chi connectivity index (χ2n) is 8.01. The Morgan fingerprint density at radius 2 is 1.37 bits per heavy atom. The van der Waals surface area contributed by atoms with Crippen LogP contribution in [0.5, 0.6) is 0 Å². The van der Waals surface area contributed by atoms with E-state index in [1.807, 2.05) is 18.2 Å². The van der Waals surface area contributed by atoms with Gasteiger partial charge in [-0.25, -0.2) is 0 Å². The van der Waals surface area contributed by atoms with E-state index >= 15 is 0 Å². The van der Waals surface area contributed by atoms with Crippen LogP contribution in [-0.2, 0) is 0 Å². The molecule has 3 heteroatoms. The zero-order chi connectivity index (χ0) is 20.0. The largest absolute Gasteiger partial charge is 0.399 e. The highest BCUT2D eigenvalue weighted by molar-refractivity contribution is 5.52. The van der Waals surface area contributed by atoms with E-state index in [1.165, 1.54) is 11.1 Å². The van der Waals surface area contributed by atoms with Gasteiger partial charge in [0.15, 0.2) is 0 Å². The standard InChI is InChI=1S/C24H36N2O/c1-5-7-16(3)23(18-9-12-20(25)13-10-18)19-11-14-22(26)21(15-19)24(27)17(4)8-6-2/h9-17,23-24,27H,5-8,25-26H2,1-4H3. The van der Waals surface area contributed by atoms with Crippen LogP contribution in [0, 0.1) is 11.8 Å². The first-order valence-corrected chi connectivity index (χ1v) is 10.3. The molecule has 148 valence electrons. The van der Waals surface area contributed by atoms with Gasteiger partial charge in [0, 0.05) is 22.9 Å². The first-order chi connectivity index (χ1) is 12.9. The Morgan fingerprint density at radius 1 is 0.815 bits per heavy atom. The molecule has 27 heavy (non-hydrogen) atoms. The summed E-state index contributed by atoms with van der Waals surface area (Å²) in [5.74, 6) is 0.939. The van der Waals surface area contributed by atoms with Crippen molar-refractivity contribution in [2.24, 2.45) is 11.8 Å². The van der Waals surface area contributed by atoms with E-state index in [1.54, 1.807) is 0 Å². The maximum Gasteiger partial charge on any atom is 0.0835 e. The second-order valence-corrected chi connectivity index (χ2v) is 8.01. The summed E-state index contributed by atoms with van der Waals surface area (Å²) in [6, 6.07) is 14.4. The van der Waals surface area contributed by atoms with Crippen LogP contribution in [0.1, 0.15) is 82.1 Å². The number of nitrogens with two attached hydrogens (primary N) is 2. The maximum atomic E-state index is 10.9. The van der Waals surface area contributed by atoms with Gasteiger partial charge >= 0.3 is 0 Å². The van der Waals surface area contributed by atoms with Gasteiger partial charge < -0.3 is 16.6 Å². The molecular weight excluding hydrogens is 332 g/mol. The van der Waals surface area contributed by atoms with Crippen molar-refractivity contribution in [1.82, 2.24) is 0 Å². The molecule has 5 N–H and O–H groups in total. The van der Waals surface area contributed by atoms with Crippen molar-refractivity contribution in [3.63, 3.8) is 0 Å². The van der Waals surface area contributed by atoms with E-state index in [-0.39, 0.29) is 11.8 Å². The number of aliphatic hydroxyl groups is 1. The lowest BCUT2D eigenvalue weighted by Gasteiger charge is -2.27. The summed E-state index contributed by atoms with van der Waals surface area (Å²) < 4.78 is 0. The molecule has 0 amide bonds. The van der Waals surface area contributed by atoms with Gasteiger partial charge in [-0.2, -0.15) is 0 Å². The molecule has 0 aliphatic rings. The van der Waals surface area contributed by atoms with Crippen molar-refractivity contribution in [2.45, 2.75) is 65.4 Å². The van der Waals surface area contributed by atoms with Crippen molar-refractivity contribution in [3.8, 4) is 0 Å². The molecule has 4 unspecified atom stereocenters. The van der Waals surface area contributed by atoms with Crippen LogP contribution in [0.3, 0.4) is 0 Å². The van der Waals surface area contributed by atoms with Crippen LogP contribution >= 0.6 is 0 Å². The molecule has 3 nitrogen and oxygen atoms in total. The monoisotopic (exact) mass is 368 g/mol. The lowest BCUT2D eigenvalue weighted by atomic mass is 9.78. The third-order valence-electron chi connectivity index (χ3n) is 5.68. The number of hydrogen-bond donors (Lipinski definition) is 3. The van der Waals surface area contributed by atoms with Crippen LogP contribution < -0.4 is 11.5 Å². The molecule has 0 fully saturated rings. The number of hydrogen-bond acceptors (Lipinski definition) is 3. The zero-order valence-electron chi connectivity index (χ0n) is 17.3. The third kappa shape index (κ3) is 5.26. The Kier molecular flexibility index (Phi) is 7.73. The van der Waals surface area contributed by atoms with E-state index in [4.69, 9.17) is 11.5 Å². The second kappa shape index (κ2) is 9.80. The number of anilines is 2. The van der Waals surface area contributed by atoms with Crippen molar-refractivity contribution in [3.05, 3.63) is 59.2 Å². The molecule has 4 atom stereocenters. The lowest BCUT2D eigenvalue weighted by Crippen LogP contribution is -2.15. The molecule has 2 aromatic rings. The normalized spacial score (nSPS) is 15.9. The number of nitrogen functional groups attached to an aromatic ring is 2. The molecule has 0 aliphatic carbocycles. The summed E-state index contributed by atoms with van der Waals surface area (Å²) in [5.41, 5.74) is 16.9. The highest BCUT2D eigenvalue weighted by Gasteiger charge is 2.24. The minimum Gasteiger partial charge on any atom is -0.399 e. The van der Waals surface area contributed by atoms with Gasteiger partial charge in [-0.1, -0.05) is 71.2 Å². The van der Waals surface area contributed by atoms with Gasteiger partial charge in [-0.3, -0.25) is 0 Å². The third-order valence-corrected chi connectivity index (χ3v) is 5.68. The van der Waals surface area contributed by atoms with E-state index in [2.05, 4.69) is 52.0 Å². The molecule has 0 saturated heterocycles. The maximum absolute atomic E-state index is 10.9. The molecule has 2 rings (SSSR count). The van der Waals surface area contributed by atoms with Crippen molar-refractivity contribution in [2.75, 3.05) is 11.5 Å². The zero-order valence-corrected chi connectivity index (χ0v) is 17.3. The van der Waals surface area contributed by atoms with Crippen molar-refractivity contribution < 1.29 is 5.11 Å². The fourth-order valence-corrected chi connectivity index (χ4v) is 4.14. The van der Waals surface area contributed by atoms with E-state index in [0.29, 0.717) is 11.6 Å². The predicted octanol–water partition coefficient (Wildman–Crippen LogP) is 5.89. The Bertz CT molecular complexity index is 711. The van der Waals surface area contributed by atoms with Crippen LogP contribution in [-0.4, -0.2) is 5.11 Å². The minimum atomic E-state index is -0.529. The summed E-state index contributed by atoms with van der Waals surface area (Å²) in [5, 5.41) is 10.9. The SMILES string of the molecule is CCCC(C)C(O)c1cc(C(c2ccc(N)cc2)C(C)CCC)ccc1N. The average Bonchev–Trinajstić information content (AvgIpc) is 2.64. The van der Waals surface area contributed by atoms with E-state index in [9.17, 15) is 5.11 Å². The number of benzene rings is 2. The molecule has 0 radical (unpaired) electrons. The lowest BCUT2D eigenvalue weighted by molar-refractivity contribution is 0.113. The quantitative estimate of drug-likeness (QED) is 0.483. The van der Waals surface area contributed by atoms with E-state index in [0.717, 1.165) is 36.9 Å². The number of aliphatic hydroxyl groups excluding tert-OH is 1. The molecule has 0 heterocycles. The summed E-state index contributed by atoms with van der Waals surface area (Å²) >= 11 is 0. The van der Waals surface area contributed by atoms with Gasteiger partial charge in [0.05, 0.1) is 6.10 Å². The molecule has 0 aromatic heterocycles. The van der Waals surface area contributed by atoms with Gasteiger partial charge in [-0.15, -0.1) is 0 Å². The smallest absolute Gasteiger partial charge is 0.0835 e. The molecular formula is C24H36N2O. The summed E-state index contributed by atoms with van der Waals surface area (Å²) in [7, 11) is 0. The van der Waals surface area contributed by atoms with Gasteiger partial charge in [0.1, 0.15) is 0 Å². The Morgan fingerprint density at radius 3 is 1.96 bits per heavy atom. The van der Waals surface area contributed by atoms with Crippen LogP contribution in [0.4, 0.5) is 11.4 Å². The van der Waals surface area contributed by atoms with Gasteiger partial charge in [-0.05, 0) is 47.6 Å².